The van der Waals surface area contributed by atoms with Crippen molar-refractivity contribution in [2.45, 2.75) is 19.5 Å². The van der Waals surface area contributed by atoms with E-state index in [0.29, 0.717) is 0 Å². The molecule has 0 radical (unpaired) electrons. The van der Waals surface area contributed by atoms with Crippen LogP contribution >= 0.6 is 11.6 Å². The van der Waals surface area contributed by atoms with E-state index in [4.69, 9.17) is 11.6 Å². The van der Waals surface area contributed by atoms with E-state index in [1.54, 1.807) is 0 Å². The van der Waals surface area contributed by atoms with Crippen molar-refractivity contribution in [2.24, 2.45) is 0 Å². The molecule has 0 bridgehead atoms. The first kappa shape index (κ1) is 14.8. The van der Waals surface area contributed by atoms with Gasteiger partial charge in [0.1, 0.15) is 0 Å². The second-order valence-electron chi connectivity index (χ2n) is 4.84. The van der Waals surface area contributed by atoms with Crippen LogP contribution in [0.15, 0.2) is 42.7 Å². The molecule has 1 atom stereocenters. The number of halogens is 1. The van der Waals surface area contributed by atoms with Gasteiger partial charge in [-0.15, -0.1) is 0 Å². The number of nitrogens with one attached hydrogen (secondary N) is 1. The molecule has 0 aliphatic heterocycles. The van der Waals surface area contributed by atoms with E-state index in [9.17, 15) is 0 Å². The second kappa shape index (κ2) is 6.73. The summed E-state index contributed by atoms with van der Waals surface area (Å²) in [6, 6.07) is 10.2. The highest BCUT2D eigenvalue weighted by atomic mass is 35.5. The zero-order valence-electron chi connectivity index (χ0n) is 12.1. The Hall–Kier alpha value is -1.58. The molecule has 1 aromatic carbocycles. The lowest BCUT2D eigenvalue weighted by molar-refractivity contribution is 0.724. The third kappa shape index (κ3) is 3.11. The first-order valence-electron chi connectivity index (χ1n) is 6.70. The van der Waals surface area contributed by atoms with Crippen molar-refractivity contribution in [3.8, 4) is 0 Å². The van der Waals surface area contributed by atoms with Crippen LogP contribution in [0.2, 0.25) is 5.02 Å². The molecule has 0 saturated heterocycles. The Kier molecular flexibility index (Phi) is 4.99. The van der Waals surface area contributed by atoms with Crippen molar-refractivity contribution < 1.29 is 0 Å². The third-order valence-electron chi connectivity index (χ3n) is 3.57. The SMILES string of the molecule is CNCc1ccncc1N(C)C(C)c1ccccc1Cl. The Morgan fingerprint density at radius 2 is 2.05 bits per heavy atom. The molecule has 0 aliphatic carbocycles. The first-order valence-corrected chi connectivity index (χ1v) is 7.07. The summed E-state index contributed by atoms with van der Waals surface area (Å²) >= 11 is 6.30. The monoisotopic (exact) mass is 289 g/mol. The topological polar surface area (TPSA) is 28.2 Å². The summed E-state index contributed by atoms with van der Waals surface area (Å²) in [6.07, 6.45) is 3.73. The average Bonchev–Trinajstić information content (AvgIpc) is 2.47. The molecule has 2 rings (SSSR count). The summed E-state index contributed by atoms with van der Waals surface area (Å²) < 4.78 is 0. The summed E-state index contributed by atoms with van der Waals surface area (Å²) in [5.41, 5.74) is 3.47. The Bertz CT molecular complexity index is 571. The van der Waals surface area contributed by atoms with Crippen LogP contribution < -0.4 is 10.2 Å². The number of aromatic nitrogens is 1. The molecule has 1 heterocycles. The minimum absolute atomic E-state index is 0.184. The fraction of sp³-hybridized carbons (Fsp3) is 0.312. The van der Waals surface area contributed by atoms with Gasteiger partial charge in [0.25, 0.3) is 0 Å². The fourth-order valence-corrected chi connectivity index (χ4v) is 2.60. The van der Waals surface area contributed by atoms with Crippen LogP contribution in [0, 0.1) is 0 Å². The lowest BCUT2D eigenvalue weighted by Gasteiger charge is -2.29. The summed E-state index contributed by atoms with van der Waals surface area (Å²) in [4.78, 5) is 6.45. The lowest BCUT2D eigenvalue weighted by atomic mass is 10.1. The van der Waals surface area contributed by atoms with Crippen LogP contribution in [0.5, 0.6) is 0 Å². The van der Waals surface area contributed by atoms with Gasteiger partial charge in [-0.2, -0.15) is 0 Å². The maximum absolute atomic E-state index is 6.30. The predicted octanol–water partition coefficient (Wildman–Crippen LogP) is 3.65. The Morgan fingerprint density at radius 3 is 2.75 bits per heavy atom. The van der Waals surface area contributed by atoms with Crippen LogP contribution in [0.25, 0.3) is 0 Å². The molecule has 1 aromatic heterocycles. The lowest BCUT2D eigenvalue weighted by Crippen LogP contribution is -2.24. The molecular formula is C16H20ClN3. The highest BCUT2D eigenvalue weighted by Gasteiger charge is 2.17. The van der Waals surface area contributed by atoms with E-state index in [1.165, 1.54) is 5.56 Å². The number of anilines is 1. The van der Waals surface area contributed by atoms with Crippen molar-refractivity contribution >= 4 is 17.3 Å². The molecule has 106 valence electrons. The van der Waals surface area contributed by atoms with E-state index in [-0.39, 0.29) is 6.04 Å². The first-order chi connectivity index (χ1) is 9.65. The summed E-state index contributed by atoms with van der Waals surface area (Å²) in [6.45, 7) is 2.97. The molecule has 4 heteroatoms. The summed E-state index contributed by atoms with van der Waals surface area (Å²) in [5, 5.41) is 3.99. The van der Waals surface area contributed by atoms with Crippen LogP contribution in [0.1, 0.15) is 24.1 Å². The van der Waals surface area contributed by atoms with Crippen molar-refractivity contribution in [3.05, 3.63) is 58.9 Å². The van der Waals surface area contributed by atoms with E-state index >= 15 is 0 Å². The van der Waals surface area contributed by atoms with Gasteiger partial charge in [-0.3, -0.25) is 4.98 Å². The highest BCUT2D eigenvalue weighted by Crippen LogP contribution is 2.31. The Labute approximate surface area is 125 Å². The molecule has 0 saturated carbocycles. The standard InChI is InChI=1S/C16H20ClN3/c1-12(14-6-4-5-7-15(14)17)20(3)16-11-19-9-8-13(16)10-18-2/h4-9,11-12,18H,10H2,1-3H3. The minimum Gasteiger partial charge on any atom is -0.366 e. The molecular weight excluding hydrogens is 270 g/mol. The van der Waals surface area contributed by atoms with E-state index in [0.717, 1.165) is 22.8 Å². The van der Waals surface area contributed by atoms with Gasteiger partial charge in [-0.1, -0.05) is 29.8 Å². The number of hydrogen-bond acceptors (Lipinski definition) is 3. The number of benzene rings is 1. The van der Waals surface area contributed by atoms with Crippen molar-refractivity contribution in [3.63, 3.8) is 0 Å². The van der Waals surface area contributed by atoms with Crippen LogP contribution in [0.3, 0.4) is 0 Å². The van der Waals surface area contributed by atoms with E-state index < -0.39 is 0 Å². The van der Waals surface area contributed by atoms with Gasteiger partial charge in [0, 0.05) is 24.8 Å². The summed E-state index contributed by atoms with van der Waals surface area (Å²) in [5.74, 6) is 0. The van der Waals surface area contributed by atoms with Gasteiger partial charge in [-0.25, -0.2) is 0 Å². The normalized spacial score (nSPS) is 12.2. The number of hydrogen-bond donors (Lipinski definition) is 1. The molecule has 3 nitrogen and oxygen atoms in total. The largest absolute Gasteiger partial charge is 0.366 e. The zero-order valence-corrected chi connectivity index (χ0v) is 12.9. The molecule has 0 spiro atoms. The van der Waals surface area contributed by atoms with Crippen LogP contribution in [-0.4, -0.2) is 19.1 Å². The predicted molar refractivity (Wildman–Crippen MR) is 85.3 cm³/mol. The second-order valence-corrected chi connectivity index (χ2v) is 5.25. The molecule has 2 aromatic rings. The van der Waals surface area contributed by atoms with Crippen molar-refractivity contribution in [1.82, 2.24) is 10.3 Å². The molecule has 0 aliphatic rings. The molecule has 0 fully saturated rings. The number of rotatable bonds is 5. The van der Waals surface area contributed by atoms with E-state index in [2.05, 4.69) is 35.2 Å². The average molecular weight is 290 g/mol. The van der Waals surface area contributed by atoms with Gasteiger partial charge in [0.2, 0.25) is 0 Å². The molecule has 0 amide bonds. The Balaban J connectivity index is 2.31. The maximum Gasteiger partial charge on any atom is 0.0600 e. The van der Waals surface area contributed by atoms with Gasteiger partial charge < -0.3 is 10.2 Å². The zero-order chi connectivity index (χ0) is 14.5. The maximum atomic E-state index is 6.30. The third-order valence-corrected chi connectivity index (χ3v) is 3.92. The van der Waals surface area contributed by atoms with Crippen molar-refractivity contribution in [1.29, 1.82) is 0 Å². The smallest absolute Gasteiger partial charge is 0.0600 e. The molecule has 1 N–H and O–H groups in total. The molecule has 1 unspecified atom stereocenters. The van der Waals surface area contributed by atoms with Gasteiger partial charge in [0.05, 0.1) is 17.9 Å². The number of pyridine rings is 1. The quantitative estimate of drug-likeness (QED) is 0.911. The Morgan fingerprint density at radius 1 is 1.30 bits per heavy atom. The van der Waals surface area contributed by atoms with E-state index in [1.807, 2.05) is 43.7 Å². The van der Waals surface area contributed by atoms with Gasteiger partial charge >= 0.3 is 0 Å². The molecule has 20 heavy (non-hydrogen) atoms. The van der Waals surface area contributed by atoms with Crippen LogP contribution in [0.4, 0.5) is 5.69 Å². The van der Waals surface area contributed by atoms with Crippen molar-refractivity contribution in [2.75, 3.05) is 19.0 Å². The number of nitrogens with zero attached hydrogens (tertiary/aromatic N) is 2. The van der Waals surface area contributed by atoms with Gasteiger partial charge in [0.15, 0.2) is 0 Å². The minimum atomic E-state index is 0.184. The van der Waals surface area contributed by atoms with Gasteiger partial charge in [-0.05, 0) is 37.2 Å². The summed E-state index contributed by atoms with van der Waals surface area (Å²) in [7, 11) is 4.02. The highest BCUT2D eigenvalue weighted by molar-refractivity contribution is 6.31. The van der Waals surface area contributed by atoms with Crippen LogP contribution in [-0.2, 0) is 6.54 Å². The fourth-order valence-electron chi connectivity index (χ4n) is 2.30.